The molecule has 1 saturated carbocycles. The average molecular weight is 315 g/mol. The Labute approximate surface area is 135 Å². The third-order valence-corrected chi connectivity index (χ3v) is 3.76. The molecule has 0 bridgehead atoms. The second-order valence-electron chi connectivity index (χ2n) is 5.42. The van der Waals surface area contributed by atoms with E-state index in [4.69, 9.17) is 0 Å². The lowest BCUT2D eigenvalue weighted by Gasteiger charge is -2.18. The lowest BCUT2D eigenvalue weighted by atomic mass is 9.89. The first kappa shape index (κ1) is 16.9. The molecule has 0 aromatic heterocycles. The summed E-state index contributed by atoms with van der Waals surface area (Å²) >= 11 is 0. The van der Waals surface area contributed by atoms with Crippen molar-refractivity contribution in [3.63, 3.8) is 0 Å². The minimum Gasteiger partial charge on any atom is -0.511 e. The molecule has 1 fully saturated rings. The van der Waals surface area contributed by atoms with Crippen LogP contribution in [-0.4, -0.2) is 29.7 Å². The van der Waals surface area contributed by atoms with Crippen molar-refractivity contribution in [2.45, 2.75) is 38.6 Å². The Morgan fingerprint density at radius 1 is 1.22 bits per heavy atom. The van der Waals surface area contributed by atoms with Gasteiger partial charge in [0.15, 0.2) is 5.78 Å². The van der Waals surface area contributed by atoms with E-state index in [1.54, 1.807) is 0 Å². The third-order valence-electron chi connectivity index (χ3n) is 3.76. The van der Waals surface area contributed by atoms with Crippen molar-refractivity contribution in [1.29, 1.82) is 0 Å². The Morgan fingerprint density at radius 3 is 2.65 bits per heavy atom. The number of aliphatic hydroxyl groups is 1. The monoisotopic (exact) mass is 315 g/mol. The van der Waals surface area contributed by atoms with Crippen LogP contribution < -0.4 is 0 Å². The number of aliphatic imine (C=N–C) groups is 1. The largest absolute Gasteiger partial charge is 0.511 e. The minimum absolute atomic E-state index is 0.0467. The normalized spacial score (nSPS) is 18.8. The number of methoxy groups -OCH3 is 1. The second-order valence-corrected chi connectivity index (χ2v) is 5.42. The fourth-order valence-electron chi connectivity index (χ4n) is 2.53. The summed E-state index contributed by atoms with van der Waals surface area (Å²) in [6.45, 7) is 0.469. The van der Waals surface area contributed by atoms with Crippen LogP contribution in [0.1, 0.15) is 37.7 Å². The Balaban J connectivity index is 2.18. The number of carbonyl (C=O) groups is 2. The number of aliphatic hydroxyl groups excluding tert-OH is 1. The van der Waals surface area contributed by atoms with Crippen LogP contribution in [0.2, 0.25) is 0 Å². The zero-order valence-electron chi connectivity index (χ0n) is 13.2. The van der Waals surface area contributed by atoms with Gasteiger partial charge in [0.05, 0.1) is 25.6 Å². The van der Waals surface area contributed by atoms with Gasteiger partial charge < -0.3 is 9.84 Å². The van der Waals surface area contributed by atoms with Gasteiger partial charge in [-0.05, 0) is 18.4 Å². The van der Waals surface area contributed by atoms with Crippen LogP contribution in [0.25, 0.3) is 0 Å². The zero-order chi connectivity index (χ0) is 16.7. The molecule has 0 saturated heterocycles. The van der Waals surface area contributed by atoms with Crippen LogP contribution in [0.15, 0.2) is 46.7 Å². The van der Waals surface area contributed by atoms with Gasteiger partial charge in [-0.25, -0.2) is 0 Å². The number of carbonyl (C=O) groups excluding carboxylic acids is 2. The number of hydrogen-bond donors (Lipinski definition) is 1. The molecule has 1 aliphatic carbocycles. The predicted molar refractivity (Wildman–Crippen MR) is 87.3 cm³/mol. The van der Waals surface area contributed by atoms with E-state index in [1.807, 2.05) is 30.3 Å². The summed E-state index contributed by atoms with van der Waals surface area (Å²) in [4.78, 5) is 27.9. The average Bonchev–Trinajstić information content (AvgIpc) is 2.58. The maximum atomic E-state index is 12.2. The number of benzene rings is 1. The summed E-state index contributed by atoms with van der Waals surface area (Å²) < 4.78 is 4.56. The van der Waals surface area contributed by atoms with Crippen molar-refractivity contribution in [1.82, 2.24) is 0 Å². The number of nitrogens with zero attached hydrogens (tertiary/aromatic N) is 1. The fourth-order valence-corrected chi connectivity index (χ4v) is 2.53. The first-order valence-corrected chi connectivity index (χ1v) is 7.71. The molecular weight excluding hydrogens is 294 g/mol. The summed E-state index contributed by atoms with van der Waals surface area (Å²) in [5.74, 6) is -0.583. The van der Waals surface area contributed by atoms with Gasteiger partial charge in [-0.2, -0.15) is 0 Å². The van der Waals surface area contributed by atoms with Crippen molar-refractivity contribution in [3.8, 4) is 0 Å². The molecule has 0 aliphatic heterocycles. The Kier molecular flexibility index (Phi) is 6.09. The number of rotatable bonds is 5. The number of hydrogen-bond acceptors (Lipinski definition) is 5. The molecule has 0 amide bonds. The molecule has 1 N–H and O–H groups in total. The van der Waals surface area contributed by atoms with E-state index in [0.29, 0.717) is 25.1 Å². The molecule has 0 radical (unpaired) electrons. The molecule has 0 spiro atoms. The lowest BCUT2D eigenvalue weighted by Crippen LogP contribution is -2.22. The van der Waals surface area contributed by atoms with Gasteiger partial charge >= 0.3 is 5.97 Å². The molecule has 1 aromatic carbocycles. The molecule has 5 nitrogen and oxygen atoms in total. The van der Waals surface area contributed by atoms with E-state index in [2.05, 4.69) is 9.73 Å². The topological polar surface area (TPSA) is 76.0 Å². The van der Waals surface area contributed by atoms with E-state index >= 15 is 0 Å². The summed E-state index contributed by atoms with van der Waals surface area (Å²) in [6, 6.07) is 9.74. The Hall–Kier alpha value is -2.43. The summed E-state index contributed by atoms with van der Waals surface area (Å²) in [7, 11) is 1.30. The SMILES string of the molecule is COC(=O)CC/C(O)=C1\C(=O)CCCC1=NCc1ccccc1. The van der Waals surface area contributed by atoms with Crippen LogP contribution in [0.5, 0.6) is 0 Å². The number of ketones is 1. The van der Waals surface area contributed by atoms with Crippen molar-refractivity contribution in [3.05, 3.63) is 47.2 Å². The standard InChI is InChI=1S/C18H21NO4/c1-23-17(22)11-10-16(21)18-14(8-5-9-15(18)20)19-12-13-6-3-2-4-7-13/h2-4,6-7,21H,5,8-12H2,1H3/b18-16+,19-14?. The van der Waals surface area contributed by atoms with Crippen LogP contribution in [0.3, 0.4) is 0 Å². The van der Waals surface area contributed by atoms with E-state index in [-0.39, 0.29) is 30.0 Å². The molecule has 122 valence electrons. The minimum atomic E-state index is -0.414. The molecule has 0 atom stereocenters. The fraction of sp³-hybridized carbons (Fsp3) is 0.389. The third kappa shape index (κ3) is 4.77. The van der Waals surface area contributed by atoms with E-state index in [0.717, 1.165) is 12.0 Å². The quantitative estimate of drug-likeness (QED) is 0.514. The van der Waals surface area contributed by atoms with E-state index in [9.17, 15) is 14.7 Å². The summed E-state index contributed by atoms with van der Waals surface area (Å²) in [5.41, 5.74) is 1.97. The number of ether oxygens (including phenoxy) is 1. The molecule has 0 heterocycles. The maximum absolute atomic E-state index is 12.2. The van der Waals surface area contributed by atoms with Gasteiger partial charge in [-0.3, -0.25) is 14.6 Å². The molecular formula is C18H21NO4. The number of Topliss-reactive ketones (excluding diaryl/α,β-unsaturated/α-hetero) is 1. The highest BCUT2D eigenvalue weighted by Gasteiger charge is 2.25. The highest BCUT2D eigenvalue weighted by atomic mass is 16.5. The highest BCUT2D eigenvalue weighted by molar-refractivity contribution is 6.24. The van der Waals surface area contributed by atoms with Gasteiger partial charge in [0.2, 0.25) is 0 Å². The number of allylic oxidation sites excluding steroid dienone is 2. The summed E-state index contributed by atoms with van der Waals surface area (Å²) in [6.07, 6.45) is 1.95. The molecule has 0 unspecified atom stereocenters. The molecule has 1 aliphatic rings. The molecule has 23 heavy (non-hydrogen) atoms. The zero-order valence-corrected chi connectivity index (χ0v) is 13.2. The van der Waals surface area contributed by atoms with Crippen molar-refractivity contribution in [2.24, 2.45) is 4.99 Å². The van der Waals surface area contributed by atoms with Gasteiger partial charge in [0.1, 0.15) is 5.76 Å². The van der Waals surface area contributed by atoms with Gasteiger partial charge in [0, 0.05) is 18.6 Å². The van der Waals surface area contributed by atoms with Crippen molar-refractivity contribution < 1.29 is 19.4 Å². The maximum Gasteiger partial charge on any atom is 0.305 e. The molecule has 5 heteroatoms. The number of esters is 1. The molecule has 1 aromatic rings. The van der Waals surface area contributed by atoms with E-state index in [1.165, 1.54) is 7.11 Å². The highest BCUT2D eigenvalue weighted by Crippen LogP contribution is 2.23. The van der Waals surface area contributed by atoms with Gasteiger partial charge in [0.25, 0.3) is 0 Å². The summed E-state index contributed by atoms with van der Waals surface area (Å²) in [5, 5.41) is 10.2. The Morgan fingerprint density at radius 2 is 1.96 bits per heavy atom. The van der Waals surface area contributed by atoms with Crippen LogP contribution in [0.4, 0.5) is 0 Å². The Bertz CT molecular complexity index is 632. The van der Waals surface area contributed by atoms with Gasteiger partial charge in [-0.1, -0.05) is 30.3 Å². The first-order valence-electron chi connectivity index (χ1n) is 7.71. The molecule has 2 rings (SSSR count). The van der Waals surface area contributed by atoms with E-state index < -0.39 is 5.97 Å². The lowest BCUT2D eigenvalue weighted by molar-refractivity contribution is -0.140. The smallest absolute Gasteiger partial charge is 0.305 e. The first-order chi connectivity index (χ1) is 11.1. The van der Waals surface area contributed by atoms with Crippen LogP contribution in [-0.2, 0) is 20.9 Å². The van der Waals surface area contributed by atoms with Crippen LogP contribution in [0, 0.1) is 0 Å². The van der Waals surface area contributed by atoms with Crippen LogP contribution >= 0.6 is 0 Å². The van der Waals surface area contributed by atoms with Crippen molar-refractivity contribution >= 4 is 17.5 Å². The van der Waals surface area contributed by atoms with Crippen molar-refractivity contribution in [2.75, 3.05) is 7.11 Å². The predicted octanol–water partition coefficient (Wildman–Crippen LogP) is 3.15. The second kappa shape index (κ2) is 8.27. The van der Waals surface area contributed by atoms with Gasteiger partial charge in [-0.15, -0.1) is 0 Å².